The van der Waals surface area contributed by atoms with E-state index in [2.05, 4.69) is 91.0 Å². The molecule has 0 aliphatic heterocycles. The maximum absolute atomic E-state index is 13.8. The van der Waals surface area contributed by atoms with Gasteiger partial charge in [-0.2, -0.15) is 31.1 Å². The van der Waals surface area contributed by atoms with E-state index in [1.54, 1.807) is 114 Å². The van der Waals surface area contributed by atoms with Crippen molar-refractivity contribution >= 4 is 51.8 Å². The monoisotopic (exact) mass is 1690 g/mol. The highest BCUT2D eigenvalue weighted by atomic mass is 16.3. The Morgan fingerprint density at radius 1 is 0.358 bits per heavy atom. The molecule has 0 saturated heterocycles. The van der Waals surface area contributed by atoms with Crippen molar-refractivity contribution in [1.82, 2.24) is 28.4 Å². The number of benzene rings is 3. The number of carbonyl (C=O) groups excluding carboxylic acids is 3. The molecule has 6 rings (SSSR count). The van der Waals surface area contributed by atoms with Crippen LogP contribution in [0, 0.1) is 66.6 Å². The molecule has 2 atom stereocenters. The van der Waals surface area contributed by atoms with Crippen molar-refractivity contribution in [2.24, 2.45) is 42.5 Å². The fourth-order valence-electron chi connectivity index (χ4n) is 15.0. The van der Waals surface area contributed by atoms with Crippen LogP contribution < -0.4 is 16.7 Å². The second-order valence-electron chi connectivity index (χ2n) is 32.9. The standard InChI is InChI=1S/C34H51N5O3.C33H49N5O3.C32H47N5O3/c1-5-8-11-13-15-17-23-38(24-18-16-14-12-9-6-2)32(40)28-19-21-29(22-20-28)36-37-31-27(4)30(26-35)33(41)39(34(31)42)25-10-7-3;1-8-12-14-25(10-3)21-37(22-26(11-4)15-13-9-2)31(39)27-16-18-28(19-17-27)35-36-30-24(7)29(20-34)32(40)38(23(5)6)33(30)41;1-5-8-10-12-14-16-22-36(23-17-15-13-11-9-6-2)30(38)26-18-20-27(21-19-26)34-35-29-25(4)28(24-33)31(39)37(7-3)32(29)40/h19-22,41H,5-18,23-25H2,1-4H3;16-19,23,25-26,40H,8-15,21-22H2,1-7H3;18-21,39H,5-17,22-23H2,1-4H3. The van der Waals surface area contributed by atoms with Gasteiger partial charge < -0.3 is 30.0 Å². The van der Waals surface area contributed by atoms with Gasteiger partial charge >= 0.3 is 0 Å². The summed E-state index contributed by atoms with van der Waals surface area (Å²) in [6.07, 6.45) is 39.0. The summed E-state index contributed by atoms with van der Waals surface area (Å²) >= 11 is 0. The number of nitriles is 3. The number of pyridine rings is 3. The van der Waals surface area contributed by atoms with E-state index in [-0.39, 0.29) is 92.8 Å². The van der Waals surface area contributed by atoms with Crippen molar-refractivity contribution in [3.8, 4) is 35.8 Å². The lowest BCUT2D eigenvalue weighted by Crippen LogP contribution is -2.39. The molecule has 2 unspecified atom stereocenters. The quantitative estimate of drug-likeness (QED) is 0.0237. The molecule has 3 amide bonds. The molecule has 0 saturated carbocycles. The van der Waals surface area contributed by atoms with Crippen LogP contribution in [0.2, 0.25) is 0 Å². The molecule has 0 aliphatic rings. The summed E-state index contributed by atoms with van der Waals surface area (Å²) in [5.41, 5.74) is 2.74. The molecule has 3 aromatic carbocycles. The Hall–Kier alpha value is -10.4. The summed E-state index contributed by atoms with van der Waals surface area (Å²) in [6, 6.07) is 26.4. The topological polar surface area (TPSA) is 333 Å². The molecular weight excluding hydrogens is 1540 g/mol. The minimum absolute atomic E-state index is 0.00178. The molecule has 0 radical (unpaired) electrons. The average Bonchev–Trinajstić information content (AvgIpc) is 0.791. The number of unbranched alkanes of at least 4 members (excludes halogenated alkanes) is 23. The molecule has 672 valence electrons. The van der Waals surface area contributed by atoms with Gasteiger partial charge in [0.15, 0.2) is 17.1 Å². The van der Waals surface area contributed by atoms with E-state index < -0.39 is 16.7 Å². The number of rotatable bonds is 54. The van der Waals surface area contributed by atoms with Crippen molar-refractivity contribution in [3.63, 3.8) is 0 Å². The molecule has 3 heterocycles. The summed E-state index contributed by atoms with van der Waals surface area (Å²) in [5, 5.41) is 84.7. The predicted octanol–water partition coefficient (Wildman–Crippen LogP) is 26.1. The lowest BCUT2D eigenvalue weighted by Gasteiger charge is -2.31. The maximum Gasteiger partial charge on any atom is 0.281 e. The number of azo groups is 3. The third-order valence-electron chi connectivity index (χ3n) is 23.0. The van der Waals surface area contributed by atoms with Crippen LogP contribution in [0.4, 0.5) is 34.1 Å². The van der Waals surface area contributed by atoms with E-state index in [4.69, 9.17) is 0 Å². The van der Waals surface area contributed by atoms with E-state index in [9.17, 15) is 59.9 Å². The average molecular weight is 1690 g/mol. The van der Waals surface area contributed by atoms with Gasteiger partial charge in [-0.25, -0.2) is 0 Å². The first-order valence-electron chi connectivity index (χ1n) is 46.4. The van der Waals surface area contributed by atoms with Gasteiger partial charge in [-0.15, -0.1) is 15.3 Å². The minimum Gasteiger partial charge on any atom is -0.493 e. The van der Waals surface area contributed by atoms with E-state index in [0.29, 0.717) is 64.1 Å². The second-order valence-corrected chi connectivity index (χ2v) is 32.9. The third kappa shape index (κ3) is 34.0. The summed E-state index contributed by atoms with van der Waals surface area (Å²) in [6.45, 7) is 34.7. The van der Waals surface area contributed by atoms with Crippen LogP contribution in [0.3, 0.4) is 0 Å². The van der Waals surface area contributed by atoms with Gasteiger partial charge in [0, 0.05) is 91.8 Å². The van der Waals surface area contributed by atoms with Gasteiger partial charge in [0.05, 0.1) is 17.1 Å². The summed E-state index contributed by atoms with van der Waals surface area (Å²) in [4.78, 5) is 85.5. The van der Waals surface area contributed by atoms with Gasteiger partial charge in [-0.05, 0) is 171 Å². The van der Waals surface area contributed by atoms with Crippen molar-refractivity contribution < 1.29 is 29.7 Å². The zero-order chi connectivity index (χ0) is 90.6. The first-order valence-corrected chi connectivity index (χ1v) is 46.4. The SMILES string of the molecule is CCCCC(CC)CN(CC(CC)CCCC)C(=O)c1ccc(N=Nc2c(C)c(C#N)c(O)n(C(C)C)c2=O)cc1.CCCCCCCCN(CCCCCCCC)C(=O)c1ccc(N=Nc2c(C)c(C#N)c(O)n(CC)c2=O)cc1.CCCCCCCCN(CCCCCCCC)C(=O)c1ccc(N=Nc2c(C)c(C#N)c(O)n(CCCC)c2=O)cc1. The van der Waals surface area contributed by atoms with Gasteiger partial charge in [-0.3, -0.25) is 42.5 Å². The fourth-order valence-corrected chi connectivity index (χ4v) is 15.0. The van der Waals surface area contributed by atoms with E-state index in [0.717, 1.165) is 145 Å². The molecule has 6 aromatic rings. The van der Waals surface area contributed by atoms with Crippen molar-refractivity contribution in [3.05, 3.63) is 154 Å². The van der Waals surface area contributed by atoms with Crippen LogP contribution in [-0.4, -0.2) is 101 Å². The second kappa shape index (κ2) is 59.4. The van der Waals surface area contributed by atoms with E-state index in [1.807, 2.05) is 34.9 Å². The summed E-state index contributed by atoms with van der Waals surface area (Å²) in [5.74, 6) is 0.0110. The molecule has 24 heteroatoms. The predicted molar refractivity (Wildman–Crippen MR) is 496 cm³/mol. The first-order chi connectivity index (χ1) is 59.4. The lowest BCUT2D eigenvalue weighted by atomic mass is 9.95. The van der Waals surface area contributed by atoms with Crippen molar-refractivity contribution in [2.75, 3.05) is 39.3 Å². The van der Waals surface area contributed by atoms with Crippen molar-refractivity contribution in [2.45, 2.75) is 341 Å². The van der Waals surface area contributed by atoms with E-state index >= 15 is 0 Å². The fraction of sp³-hybridized carbons (Fsp3) is 0.606. The Balaban J connectivity index is 0.000000387. The number of nitrogens with zero attached hydrogens (tertiary/aromatic N) is 15. The Kier molecular flexibility index (Phi) is 50.7. The zero-order valence-corrected chi connectivity index (χ0v) is 77.4. The Morgan fingerprint density at radius 2 is 0.634 bits per heavy atom. The number of amides is 3. The van der Waals surface area contributed by atoms with Gasteiger partial charge in [0.2, 0.25) is 17.6 Å². The first kappa shape index (κ1) is 105. The molecule has 24 nitrogen and oxygen atoms in total. The summed E-state index contributed by atoms with van der Waals surface area (Å²) in [7, 11) is 0. The number of aromatic hydroxyl groups is 3. The highest BCUT2D eigenvalue weighted by Gasteiger charge is 2.27. The smallest absolute Gasteiger partial charge is 0.281 e. The van der Waals surface area contributed by atoms with Gasteiger partial charge in [0.25, 0.3) is 34.4 Å². The zero-order valence-electron chi connectivity index (χ0n) is 77.4. The molecule has 0 aliphatic carbocycles. The lowest BCUT2D eigenvalue weighted by molar-refractivity contribution is 0.0683. The van der Waals surface area contributed by atoms with Gasteiger partial charge in [0.1, 0.15) is 34.9 Å². The van der Waals surface area contributed by atoms with Crippen LogP contribution >= 0.6 is 0 Å². The van der Waals surface area contributed by atoms with Crippen LogP contribution in [0.15, 0.2) is 118 Å². The number of hydrogen-bond donors (Lipinski definition) is 3. The van der Waals surface area contributed by atoms with Crippen LogP contribution in [0.1, 0.15) is 372 Å². The Bertz CT molecular complexity index is 4550. The number of hydrogen-bond acceptors (Lipinski definition) is 18. The molecule has 0 spiro atoms. The number of carbonyl (C=O) groups is 3. The van der Waals surface area contributed by atoms with Crippen LogP contribution in [0.25, 0.3) is 0 Å². The highest BCUT2D eigenvalue weighted by Crippen LogP contribution is 2.33. The molecule has 123 heavy (non-hydrogen) atoms. The summed E-state index contributed by atoms with van der Waals surface area (Å²) < 4.78 is 3.43. The van der Waals surface area contributed by atoms with E-state index in [1.165, 1.54) is 120 Å². The Labute approximate surface area is 734 Å². The number of aromatic nitrogens is 3. The van der Waals surface area contributed by atoms with Crippen LogP contribution in [-0.2, 0) is 13.1 Å². The Morgan fingerprint density at radius 3 is 0.927 bits per heavy atom. The molecule has 3 N–H and O–H groups in total. The molecule has 3 aromatic heterocycles. The minimum atomic E-state index is -0.512. The molecule has 0 fully saturated rings. The third-order valence-corrected chi connectivity index (χ3v) is 23.0. The normalized spacial score (nSPS) is 11.8. The molecule has 0 bridgehead atoms. The highest BCUT2D eigenvalue weighted by molar-refractivity contribution is 5.96. The maximum atomic E-state index is 13.8. The van der Waals surface area contributed by atoms with Crippen LogP contribution in [0.5, 0.6) is 17.6 Å². The largest absolute Gasteiger partial charge is 0.493 e. The van der Waals surface area contributed by atoms with Gasteiger partial charge in [-0.1, -0.05) is 236 Å². The van der Waals surface area contributed by atoms with Crippen molar-refractivity contribution in [1.29, 1.82) is 15.8 Å². The molecular formula is C99H147N15O9.